The molecule has 0 fully saturated rings. The third-order valence-corrected chi connectivity index (χ3v) is 4.46. The Hall–Kier alpha value is -3.53. The number of aromatic nitrogens is 3. The molecule has 1 amide bonds. The van der Waals surface area contributed by atoms with Crippen LogP contribution in [0, 0.1) is 6.92 Å². The van der Waals surface area contributed by atoms with Gasteiger partial charge in [-0.25, -0.2) is 9.97 Å². The van der Waals surface area contributed by atoms with Gasteiger partial charge in [0, 0.05) is 23.6 Å². The predicted molar refractivity (Wildman–Crippen MR) is 113 cm³/mol. The quantitative estimate of drug-likeness (QED) is 0.528. The number of hydrogen-bond donors (Lipinski definition) is 3. The minimum absolute atomic E-state index is 0.173. The molecular formula is C22H22F3N5O2. The number of nitrogens with zero attached hydrogens (tertiary/aromatic N) is 3. The van der Waals surface area contributed by atoms with Gasteiger partial charge in [-0.15, -0.1) is 0 Å². The molecule has 0 aliphatic rings. The van der Waals surface area contributed by atoms with Crippen molar-refractivity contribution in [1.82, 2.24) is 20.3 Å². The van der Waals surface area contributed by atoms with E-state index in [2.05, 4.69) is 25.6 Å². The van der Waals surface area contributed by atoms with E-state index in [1.165, 1.54) is 6.20 Å². The molecule has 3 aromatic rings. The predicted octanol–water partition coefficient (Wildman–Crippen LogP) is 4.11. The van der Waals surface area contributed by atoms with Crippen molar-refractivity contribution in [2.45, 2.75) is 32.5 Å². The number of carbonyl (C=O) groups excluding carboxylic acids is 1. The Morgan fingerprint density at radius 3 is 2.44 bits per heavy atom. The van der Waals surface area contributed by atoms with E-state index in [9.17, 15) is 23.1 Å². The lowest BCUT2D eigenvalue weighted by Crippen LogP contribution is -2.46. The smallest absolute Gasteiger partial charge is 0.394 e. The summed E-state index contributed by atoms with van der Waals surface area (Å²) < 4.78 is 38.7. The molecule has 0 spiro atoms. The van der Waals surface area contributed by atoms with Gasteiger partial charge in [0.2, 0.25) is 5.95 Å². The Bertz CT molecular complexity index is 1120. The van der Waals surface area contributed by atoms with Gasteiger partial charge in [-0.1, -0.05) is 12.1 Å². The molecule has 32 heavy (non-hydrogen) atoms. The SMILES string of the molecule is Cc1cc(Nc2nccc(C(F)(F)F)n2)cc(-c2ccc(C(=O)NC(C)(C)CO)nc2)c1. The van der Waals surface area contributed by atoms with Gasteiger partial charge in [-0.3, -0.25) is 9.78 Å². The van der Waals surface area contributed by atoms with E-state index in [1.54, 1.807) is 38.1 Å². The van der Waals surface area contributed by atoms with Crippen LogP contribution in [0.3, 0.4) is 0 Å². The first kappa shape index (κ1) is 23.1. The highest BCUT2D eigenvalue weighted by molar-refractivity contribution is 5.93. The number of hydrogen-bond acceptors (Lipinski definition) is 6. The highest BCUT2D eigenvalue weighted by Crippen LogP contribution is 2.29. The number of benzene rings is 1. The first-order chi connectivity index (χ1) is 15.0. The second kappa shape index (κ2) is 8.91. The number of aryl methyl sites for hydroxylation is 1. The normalized spacial score (nSPS) is 11.8. The first-order valence-electron chi connectivity index (χ1n) is 9.66. The minimum Gasteiger partial charge on any atom is -0.394 e. The standard InChI is InChI=1S/C22H22F3N5O2/c1-13-8-15(14-4-5-17(27-11-14)19(32)30-21(2,3)12-31)10-16(9-13)28-20-26-7-6-18(29-20)22(23,24)25/h4-11,31H,12H2,1-3H3,(H,30,32)(H,26,28,29). The maximum absolute atomic E-state index is 12.9. The summed E-state index contributed by atoms with van der Waals surface area (Å²) in [6, 6.07) is 9.43. The van der Waals surface area contributed by atoms with Gasteiger partial charge in [0.05, 0.1) is 12.1 Å². The van der Waals surface area contributed by atoms with E-state index < -0.39 is 23.3 Å². The van der Waals surface area contributed by atoms with E-state index in [4.69, 9.17) is 0 Å². The van der Waals surface area contributed by atoms with Crippen LogP contribution in [0.15, 0.2) is 48.8 Å². The third kappa shape index (κ3) is 5.79. The molecule has 0 saturated carbocycles. The van der Waals surface area contributed by atoms with Gasteiger partial charge in [0.25, 0.3) is 5.91 Å². The van der Waals surface area contributed by atoms with Crippen molar-refractivity contribution in [1.29, 1.82) is 0 Å². The molecule has 168 valence electrons. The summed E-state index contributed by atoms with van der Waals surface area (Å²) in [7, 11) is 0. The van der Waals surface area contributed by atoms with E-state index in [0.717, 1.165) is 23.4 Å². The number of aliphatic hydroxyl groups is 1. The highest BCUT2D eigenvalue weighted by Gasteiger charge is 2.32. The van der Waals surface area contributed by atoms with Crippen molar-refractivity contribution in [2.24, 2.45) is 0 Å². The van der Waals surface area contributed by atoms with Crippen molar-refractivity contribution in [2.75, 3.05) is 11.9 Å². The van der Waals surface area contributed by atoms with Crippen molar-refractivity contribution in [3.63, 3.8) is 0 Å². The van der Waals surface area contributed by atoms with Crippen LogP contribution in [0.1, 0.15) is 35.6 Å². The van der Waals surface area contributed by atoms with Gasteiger partial charge < -0.3 is 15.7 Å². The number of pyridine rings is 1. The lowest BCUT2D eigenvalue weighted by molar-refractivity contribution is -0.141. The van der Waals surface area contributed by atoms with Crippen molar-refractivity contribution >= 4 is 17.5 Å². The lowest BCUT2D eigenvalue weighted by Gasteiger charge is -2.23. The number of halogens is 3. The molecule has 3 N–H and O–H groups in total. The summed E-state index contributed by atoms with van der Waals surface area (Å²) >= 11 is 0. The highest BCUT2D eigenvalue weighted by atomic mass is 19.4. The Labute approximate surface area is 182 Å². The zero-order valence-corrected chi connectivity index (χ0v) is 17.7. The molecule has 2 heterocycles. The zero-order chi connectivity index (χ0) is 23.5. The second-order valence-electron chi connectivity index (χ2n) is 7.90. The number of amides is 1. The van der Waals surface area contributed by atoms with Crippen molar-refractivity contribution in [3.05, 3.63) is 65.7 Å². The maximum Gasteiger partial charge on any atom is 0.433 e. The van der Waals surface area contributed by atoms with Gasteiger partial charge in [-0.05, 0) is 56.2 Å². The molecule has 10 heteroatoms. The van der Waals surface area contributed by atoms with Crippen molar-refractivity contribution < 1.29 is 23.1 Å². The number of rotatable bonds is 6. The van der Waals surface area contributed by atoms with E-state index in [0.29, 0.717) is 11.3 Å². The summed E-state index contributed by atoms with van der Waals surface area (Å²) in [5.41, 5.74) is 1.19. The summed E-state index contributed by atoms with van der Waals surface area (Å²) in [6.45, 7) is 5.00. The molecule has 0 aliphatic heterocycles. The lowest BCUT2D eigenvalue weighted by atomic mass is 10.0. The fraction of sp³-hybridized carbons (Fsp3) is 0.273. The zero-order valence-electron chi connectivity index (χ0n) is 17.7. The van der Waals surface area contributed by atoms with E-state index >= 15 is 0 Å². The largest absolute Gasteiger partial charge is 0.433 e. The van der Waals surface area contributed by atoms with Crippen LogP contribution in [0.4, 0.5) is 24.8 Å². The van der Waals surface area contributed by atoms with Crippen LogP contribution < -0.4 is 10.6 Å². The minimum atomic E-state index is -4.57. The van der Waals surface area contributed by atoms with E-state index in [-0.39, 0.29) is 18.2 Å². The molecule has 0 saturated heterocycles. The molecule has 1 aromatic carbocycles. The van der Waals surface area contributed by atoms with Crippen LogP contribution in [-0.4, -0.2) is 38.1 Å². The van der Waals surface area contributed by atoms with Crippen LogP contribution >= 0.6 is 0 Å². The monoisotopic (exact) mass is 445 g/mol. The molecule has 0 unspecified atom stereocenters. The van der Waals surface area contributed by atoms with Gasteiger partial charge >= 0.3 is 6.18 Å². The maximum atomic E-state index is 12.9. The fourth-order valence-corrected chi connectivity index (χ4v) is 2.84. The van der Waals surface area contributed by atoms with E-state index in [1.807, 2.05) is 13.0 Å². The van der Waals surface area contributed by atoms with Crippen molar-refractivity contribution in [3.8, 4) is 11.1 Å². The molecule has 0 aliphatic carbocycles. The molecule has 3 rings (SSSR count). The third-order valence-electron chi connectivity index (χ3n) is 4.46. The van der Waals surface area contributed by atoms with Gasteiger partial charge in [-0.2, -0.15) is 13.2 Å². The number of alkyl halides is 3. The second-order valence-corrected chi connectivity index (χ2v) is 7.90. The topological polar surface area (TPSA) is 100 Å². The summed E-state index contributed by atoms with van der Waals surface area (Å²) in [6.07, 6.45) is -2.00. The van der Waals surface area contributed by atoms with Crippen LogP contribution in [-0.2, 0) is 6.18 Å². The van der Waals surface area contributed by atoms with Crippen LogP contribution in [0.5, 0.6) is 0 Å². The number of nitrogens with one attached hydrogen (secondary N) is 2. The van der Waals surface area contributed by atoms with Gasteiger partial charge in [0.15, 0.2) is 0 Å². The molecule has 2 aromatic heterocycles. The van der Waals surface area contributed by atoms with Crippen LogP contribution in [0.2, 0.25) is 0 Å². The Kier molecular flexibility index (Phi) is 6.45. The fourth-order valence-electron chi connectivity index (χ4n) is 2.84. The Morgan fingerprint density at radius 1 is 1.06 bits per heavy atom. The molecular weight excluding hydrogens is 423 g/mol. The first-order valence-corrected chi connectivity index (χ1v) is 9.66. The number of anilines is 2. The number of carbonyl (C=O) groups is 1. The Morgan fingerprint density at radius 2 is 1.81 bits per heavy atom. The number of aliphatic hydroxyl groups excluding tert-OH is 1. The molecule has 0 radical (unpaired) electrons. The average Bonchev–Trinajstić information content (AvgIpc) is 2.73. The molecule has 0 bridgehead atoms. The molecule has 0 atom stereocenters. The van der Waals surface area contributed by atoms with Gasteiger partial charge in [0.1, 0.15) is 11.4 Å². The Balaban J connectivity index is 1.82. The van der Waals surface area contributed by atoms with Crippen LogP contribution in [0.25, 0.3) is 11.1 Å². The summed E-state index contributed by atoms with van der Waals surface area (Å²) in [4.78, 5) is 23.8. The summed E-state index contributed by atoms with van der Waals surface area (Å²) in [5.74, 6) is -0.586. The average molecular weight is 445 g/mol. The molecule has 7 nitrogen and oxygen atoms in total. The summed E-state index contributed by atoms with van der Waals surface area (Å²) in [5, 5.41) is 14.8.